The van der Waals surface area contributed by atoms with Crippen molar-refractivity contribution in [3.63, 3.8) is 0 Å². The van der Waals surface area contributed by atoms with Gasteiger partial charge in [-0.2, -0.15) is 4.98 Å². The lowest BCUT2D eigenvalue weighted by Gasteiger charge is -2.43. The molecule has 0 amide bonds. The number of halogens is 2. The highest BCUT2D eigenvalue weighted by Crippen LogP contribution is 2.39. The molecule has 2 aliphatic heterocycles. The van der Waals surface area contributed by atoms with Crippen LogP contribution >= 0.6 is 0 Å². The Bertz CT molecular complexity index is 1340. The van der Waals surface area contributed by atoms with Crippen LogP contribution in [0.2, 0.25) is 0 Å². The molecule has 2 fully saturated rings. The van der Waals surface area contributed by atoms with Gasteiger partial charge in [-0.1, -0.05) is 6.07 Å². The smallest absolute Gasteiger partial charge is 0.228 e. The highest BCUT2D eigenvalue weighted by Gasteiger charge is 2.32. The summed E-state index contributed by atoms with van der Waals surface area (Å²) in [5.74, 6) is 0.135. The number of hydrogen-bond acceptors (Lipinski definition) is 7. The summed E-state index contributed by atoms with van der Waals surface area (Å²) in [4.78, 5) is 15.9. The molecule has 166 valence electrons. The fourth-order valence-electron chi connectivity index (χ4n) is 4.64. The molecule has 32 heavy (non-hydrogen) atoms. The van der Waals surface area contributed by atoms with Crippen LogP contribution in [0.3, 0.4) is 0 Å². The Kier molecular flexibility index (Phi) is 4.44. The highest BCUT2D eigenvalue weighted by molar-refractivity contribution is 6.11. The first-order valence-electron chi connectivity index (χ1n) is 10.9. The monoisotopic (exact) mass is 438 g/mol. The minimum Gasteiger partial charge on any atom is -0.456 e. The van der Waals surface area contributed by atoms with Crippen LogP contribution in [0.1, 0.15) is 0 Å². The fourth-order valence-corrected chi connectivity index (χ4v) is 4.64. The van der Waals surface area contributed by atoms with Crippen molar-refractivity contribution in [1.29, 1.82) is 0 Å². The van der Waals surface area contributed by atoms with Gasteiger partial charge in [0.15, 0.2) is 5.82 Å². The molecule has 1 N–H and O–H groups in total. The van der Waals surface area contributed by atoms with Crippen molar-refractivity contribution in [2.75, 3.05) is 63.2 Å². The first-order chi connectivity index (χ1) is 15.5. The van der Waals surface area contributed by atoms with Crippen LogP contribution in [-0.4, -0.2) is 74.3 Å². The molecule has 9 heteroatoms. The predicted molar refractivity (Wildman–Crippen MR) is 122 cm³/mol. The maximum absolute atomic E-state index is 16.0. The summed E-state index contributed by atoms with van der Waals surface area (Å²) in [5.41, 5.74) is 0.831. The third-order valence-electron chi connectivity index (χ3n) is 6.60. The van der Waals surface area contributed by atoms with E-state index in [4.69, 9.17) is 9.40 Å². The van der Waals surface area contributed by atoms with Gasteiger partial charge >= 0.3 is 0 Å². The molecular formula is C23H24F2N6O. The molecule has 2 aromatic carbocycles. The van der Waals surface area contributed by atoms with Gasteiger partial charge in [-0.05, 0) is 32.3 Å². The Morgan fingerprint density at radius 1 is 1.03 bits per heavy atom. The van der Waals surface area contributed by atoms with Crippen LogP contribution < -0.4 is 15.1 Å². The van der Waals surface area contributed by atoms with Crippen LogP contribution in [0.4, 0.5) is 20.5 Å². The second-order valence-corrected chi connectivity index (χ2v) is 8.78. The molecule has 0 spiro atoms. The van der Waals surface area contributed by atoms with Crippen molar-refractivity contribution >= 4 is 44.6 Å². The maximum Gasteiger partial charge on any atom is 0.228 e. The lowest BCUT2D eigenvalue weighted by atomic mass is 10.1. The molecule has 0 unspecified atom stereocenters. The zero-order valence-electron chi connectivity index (χ0n) is 18.0. The van der Waals surface area contributed by atoms with E-state index >= 15 is 4.39 Å². The fraction of sp³-hybridized carbons (Fsp3) is 0.391. The molecule has 4 heterocycles. The lowest BCUT2D eigenvalue weighted by molar-refractivity contribution is 0.245. The molecule has 2 saturated heterocycles. The van der Waals surface area contributed by atoms with Crippen molar-refractivity contribution < 1.29 is 13.2 Å². The summed E-state index contributed by atoms with van der Waals surface area (Å²) in [6.45, 7) is 4.75. The number of hydrogen-bond donors (Lipinski definition) is 1. The minimum atomic E-state index is -0.564. The summed E-state index contributed by atoms with van der Waals surface area (Å²) in [7, 11) is 4.09. The zero-order chi connectivity index (χ0) is 22.0. The van der Waals surface area contributed by atoms with Gasteiger partial charge in [0.1, 0.15) is 28.3 Å². The number of likely N-dealkylation sites (N-methyl/N-ethyl adjacent to an activating group) is 1. The standard InChI is InChI=1S/C23H24F2N6O/c1-29(2)13-11-31(12-13)23-27-21-14(22(28-23)30-8-6-26-7-9-30)10-17-19(20(21)25)18-15(24)4-3-5-16(18)32-17/h3-5,10,13,26H,6-9,11-12H2,1-2H3. The van der Waals surface area contributed by atoms with Gasteiger partial charge in [-0.15, -0.1) is 0 Å². The van der Waals surface area contributed by atoms with E-state index in [-0.39, 0.29) is 16.3 Å². The lowest BCUT2D eigenvalue weighted by Crippen LogP contribution is -2.58. The molecule has 0 aliphatic carbocycles. The number of fused-ring (bicyclic) bond motifs is 4. The van der Waals surface area contributed by atoms with E-state index in [1.807, 2.05) is 14.1 Å². The molecule has 0 saturated carbocycles. The number of aromatic nitrogens is 2. The number of nitrogens with one attached hydrogen (secondary N) is 1. The second kappa shape index (κ2) is 7.25. The number of piperazine rings is 1. The van der Waals surface area contributed by atoms with Crippen LogP contribution in [0.5, 0.6) is 0 Å². The van der Waals surface area contributed by atoms with Gasteiger partial charge in [-0.25, -0.2) is 13.8 Å². The van der Waals surface area contributed by atoms with Gasteiger partial charge in [0, 0.05) is 50.7 Å². The third-order valence-corrected chi connectivity index (χ3v) is 6.60. The predicted octanol–water partition coefficient (Wildman–Crippen LogP) is 2.97. The topological polar surface area (TPSA) is 60.7 Å². The van der Waals surface area contributed by atoms with Gasteiger partial charge in [0.25, 0.3) is 0 Å². The summed E-state index contributed by atoms with van der Waals surface area (Å²) < 4.78 is 36.4. The van der Waals surface area contributed by atoms with Crippen LogP contribution in [0.15, 0.2) is 28.7 Å². The quantitative estimate of drug-likeness (QED) is 0.528. The van der Waals surface area contributed by atoms with E-state index < -0.39 is 11.6 Å². The number of rotatable bonds is 3. The number of benzene rings is 2. The summed E-state index contributed by atoms with van der Waals surface area (Å²) in [6, 6.07) is 6.70. The molecule has 0 atom stereocenters. The number of furan rings is 1. The first kappa shape index (κ1) is 19.6. The average Bonchev–Trinajstić information content (AvgIpc) is 3.13. The Balaban J connectivity index is 1.59. The van der Waals surface area contributed by atoms with Gasteiger partial charge in [0.05, 0.1) is 10.8 Å². The normalized spacial score (nSPS) is 17.8. The van der Waals surface area contributed by atoms with Crippen molar-refractivity contribution in [2.45, 2.75) is 6.04 Å². The SMILES string of the molecule is CN(C)C1CN(c2nc(N3CCNCC3)c3cc4oc5cccc(F)c5c4c(F)c3n2)C1. The van der Waals surface area contributed by atoms with Crippen molar-refractivity contribution in [2.24, 2.45) is 0 Å². The summed E-state index contributed by atoms with van der Waals surface area (Å²) in [5, 5.41) is 4.22. The van der Waals surface area contributed by atoms with Crippen molar-refractivity contribution in [1.82, 2.24) is 20.2 Å². The Morgan fingerprint density at radius 2 is 1.81 bits per heavy atom. The summed E-state index contributed by atoms with van der Waals surface area (Å²) in [6.07, 6.45) is 0. The van der Waals surface area contributed by atoms with Gasteiger partial charge in [-0.3, -0.25) is 0 Å². The zero-order valence-corrected chi connectivity index (χ0v) is 18.0. The molecule has 0 bridgehead atoms. The van der Waals surface area contributed by atoms with E-state index in [1.165, 1.54) is 6.07 Å². The first-order valence-corrected chi connectivity index (χ1v) is 10.9. The third kappa shape index (κ3) is 2.91. The van der Waals surface area contributed by atoms with Crippen LogP contribution in [0.25, 0.3) is 32.8 Å². The van der Waals surface area contributed by atoms with Gasteiger partial charge < -0.3 is 24.4 Å². The average molecular weight is 438 g/mol. The van der Waals surface area contributed by atoms with E-state index in [2.05, 4.69) is 25.0 Å². The van der Waals surface area contributed by atoms with E-state index in [0.717, 1.165) is 39.3 Å². The number of nitrogens with zero attached hydrogens (tertiary/aromatic N) is 5. The largest absolute Gasteiger partial charge is 0.456 e. The molecule has 0 radical (unpaired) electrons. The highest BCUT2D eigenvalue weighted by atomic mass is 19.1. The molecule has 2 aromatic heterocycles. The second-order valence-electron chi connectivity index (χ2n) is 8.78. The molecular weight excluding hydrogens is 414 g/mol. The van der Waals surface area contributed by atoms with E-state index in [0.29, 0.717) is 34.4 Å². The Hall–Kier alpha value is -3.04. The molecule has 7 nitrogen and oxygen atoms in total. The van der Waals surface area contributed by atoms with Crippen molar-refractivity contribution in [3.05, 3.63) is 35.9 Å². The maximum atomic E-state index is 16.0. The van der Waals surface area contributed by atoms with Crippen LogP contribution in [-0.2, 0) is 0 Å². The van der Waals surface area contributed by atoms with Crippen molar-refractivity contribution in [3.8, 4) is 0 Å². The molecule has 2 aliphatic rings. The Labute approximate surface area is 183 Å². The van der Waals surface area contributed by atoms with Gasteiger partial charge in [0.2, 0.25) is 5.95 Å². The molecule has 4 aromatic rings. The number of anilines is 2. The van der Waals surface area contributed by atoms with E-state index in [1.54, 1.807) is 18.2 Å². The van der Waals surface area contributed by atoms with Crippen LogP contribution in [0, 0.1) is 11.6 Å². The Morgan fingerprint density at radius 3 is 2.56 bits per heavy atom. The minimum absolute atomic E-state index is 0.135. The molecule has 6 rings (SSSR count). The van der Waals surface area contributed by atoms with E-state index in [9.17, 15) is 4.39 Å². The summed E-state index contributed by atoms with van der Waals surface area (Å²) >= 11 is 0.